The summed E-state index contributed by atoms with van der Waals surface area (Å²) in [5.41, 5.74) is 0.779. The molecule has 1 aliphatic rings. The summed E-state index contributed by atoms with van der Waals surface area (Å²) in [6.45, 7) is 2.73. The van der Waals surface area contributed by atoms with E-state index in [9.17, 15) is 14.4 Å². The minimum atomic E-state index is -0.438. The molecule has 2 heterocycles. The third-order valence-corrected chi connectivity index (χ3v) is 4.88. The number of carbonyl (C=O) groups is 1. The lowest BCUT2D eigenvalue weighted by atomic mass is 10.0. The second kappa shape index (κ2) is 7.31. The van der Waals surface area contributed by atoms with Crippen LogP contribution in [0.3, 0.4) is 0 Å². The number of nitrogens with zero attached hydrogens (tertiary/aromatic N) is 5. The summed E-state index contributed by atoms with van der Waals surface area (Å²) < 4.78 is 3.91. The number of hydrogen-bond donors (Lipinski definition) is 0. The minimum absolute atomic E-state index is 0.0291. The van der Waals surface area contributed by atoms with Gasteiger partial charge in [-0.05, 0) is 32.1 Å². The number of fused-ring (bicyclic) bond motifs is 1. The van der Waals surface area contributed by atoms with Crippen molar-refractivity contribution in [1.82, 2.24) is 23.6 Å². The second-order valence-corrected chi connectivity index (χ2v) is 6.74. The van der Waals surface area contributed by atoms with Gasteiger partial charge in [0.05, 0.1) is 6.33 Å². The average Bonchev–Trinajstić information content (AvgIpc) is 3.07. The molecule has 1 aliphatic carbocycles. The molecule has 8 nitrogen and oxygen atoms in total. The number of carbonyl (C=O) groups excluding carboxylic acids is 1. The predicted octanol–water partition coefficient (Wildman–Crippen LogP) is 1.13. The van der Waals surface area contributed by atoms with Crippen LogP contribution in [-0.2, 0) is 25.4 Å². The van der Waals surface area contributed by atoms with Gasteiger partial charge >= 0.3 is 5.69 Å². The first kappa shape index (κ1) is 18.2. The van der Waals surface area contributed by atoms with E-state index in [1.54, 1.807) is 11.6 Å². The van der Waals surface area contributed by atoms with Gasteiger partial charge in [0.1, 0.15) is 6.54 Å². The molecular formula is C18H25N5O3. The highest BCUT2D eigenvalue weighted by molar-refractivity contribution is 5.80. The topological polar surface area (TPSA) is 82.1 Å². The highest BCUT2D eigenvalue weighted by Gasteiger charge is 2.21. The molecule has 0 bridgehead atoms. The molecule has 140 valence electrons. The first-order valence-corrected chi connectivity index (χ1v) is 9.06. The van der Waals surface area contributed by atoms with Gasteiger partial charge in [-0.1, -0.05) is 13.0 Å². The zero-order valence-corrected chi connectivity index (χ0v) is 15.6. The van der Waals surface area contributed by atoms with Crippen molar-refractivity contribution < 1.29 is 4.79 Å². The zero-order valence-electron chi connectivity index (χ0n) is 15.6. The molecule has 0 saturated carbocycles. The van der Waals surface area contributed by atoms with E-state index < -0.39 is 11.2 Å². The Bertz CT molecular complexity index is 979. The Kier molecular flexibility index (Phi) is 5.11. The van der Waals surface area contributed by atoms with Crippen LogP contribution in [0.4, 0.5) is 0 Å². The van der Waals surface area contributed by atoms with Gasteiger partial charge in [-0.2, -0.15) is 0 Å². The fourth-order valence-corrected chi connectivity index (χ4v) is 3.47. The molecule has 0 fully saturated rings. The van der Waals surface area contributed by atoms with Crippen LogP contribution in [0.2, 0.25) is 0 Å². The molecule has 0 N–H and O–H groups in total. The molecule has 1 amide bonds. The molecule has 0 radical (unpaired) electrons. The van der Waals surface area contributed by atoms with Gasteiger partial charge in [0.2, 0.25) is 5.91 Å². The van der Waals surface area contributed by atoms with Crippen LogP contribution in [0, 0.1) is 0 Å². The van der Waals surface area contributed by atoms with E-state index in [1.807, 2.05) is 11.8 Å². The highest BCUT2D eigenvalue weighted by Crippen LogP contribution is 2.22. The third kappa shape index (κ3) is 3.11. The summed E-state index contributed by atoms with van der Waals surface area (Å²) in [4.78, 5) is 43.5. The lowest BCUT2D eigenvalue weighted by Gasteiger charge is -2.27. The summed E-state index contributed by atoms with van der Waals surface area (Å²) in [6.07, 6.45) is 8.63. The Morgan fingerprint density at radius 2 is 2.00 bits per heavy atom. The highest BCUT2D eigenvalue weighted by atomic mass is 16.2. The van der Waals surface area contributed by atoms with Gasteiger partial charge in [0.25, 0.3) is 5.56 Å². The Morgan fingerprint density at radius 3 is 2.65 bits per heavy atom. The van der Waals surface area contributed by atoms with E-state index >= 15 is 0 Å². The van der Waals surface area contributed by atoms with Crippen molar-refractivity contribution in [3.05, 3.63) is 38.9 Å². The maximum Gasteiger partial charge on any atom is 0.332 e. The first-order valence-electron chi connectivity index (χ1n) is 9.06. The lowest BCUT2D eigenvalue weighted by Crippen LogP contribution is -2.38. The molecule has 0 saturated heterocycles. The molecule has 0 aromatic carbocycles. The van der Waals surface area contributed by atoms with Crippen LogP contribution >= 0.6 is 0 Å². The van der Waals surface area contributed by atoms with Gasteiger partial charge < -0.3 is 9.47 Å². The molecule has 2 aromatic heterocycles. The molecular weight excluding hydrogens is 334 g/mol. The van der Waals surface area contributed by atoms with Crippen LogP contribution in [0.15, 0.2) is 27.7 Å². The maximum atomic E-state index is 13.0. The number of aryl methyl sites for hydroxylation is 1. The van der Waals surface area contributed by atoms with E-state index in [2.05, 4.69) is 11.1 Å². The van der Waals surface area contributed by atoms with Crippen molar-refractivity contribution in [3.63, 3.8) is 0 Å². The predicted molar refractivity (Wildman–Crippen MR) is 98.8 cm³/mol. The Hall–Kier alpha value is -2.64. The lowest BCUT2D eigenvalue weighted by molar-refractivity contribution is -0.130. The van der Waals surface area contributed by atoms with E-state index in [1.165, 1.54) is 17.9 Å². The number of amides is 1. The van der Waals surface area contributed by atoms with E-state index in [-0.39, 0.29) is 18.0 Å². The zero-order chi connectivity index (χ0) is 18.8. The molecule has 3 rings (SSSR count). The number of imidazole rings is 1. The van der Waals surface area contributed by atoms with Crippen LogP contribution in [-0.4, -0.2) is 36.0 Å². The summed E-state index contributed by atoms with van der Waals surface area (Å²) >= 11 is 0. The Morgan fingerprint density at radius 1 is 1.23 bits per heavy atom. The fourth-order valence-electron chi connectivity index (χ4n) is 3.47. The normalized spacial score (nSPS) is 14.5. The summed E-state index contributed by atoms with van der Waals surface area (Å²) in [5.74, 6) is -0.0600. The van der Waals surface area contributed by atoms with Gasteiger partial charge in [-0.3, -0.25) is 18.7 Å². The molecule has 0 atom stereocenters. The fraction of sp³-hybridized carbons (Fsp3) is 0.556. The SMILES string of the molecule is CCCN(C(=O)Cn1cnc2c1c(=O)n(C)c(=O)n2C)C1=CCCCC1. The van der Waals surface area contributed by atoms with Crippen molar-refractivity contribution in [2.24, 2.45) is 14.1 Å². The van der Waals surface area contributed by atoms with Crippen molar-refractivity contribution in [3.8, 4) is 0 Å². The molecule has 26 heavy (non-hydrogen) atoms. The first-order chi connectivity index (χ1) is 12.5. The Balaban J connectivity index is 1.97. The van der Waals surface area contributed by atoms with Gasteiger partial charge in [-0.15, -0.1) is 0 Å². The number of rotatable bonds is 5. The smallest absolute Gasteiger partial charge is 0.315 e. The summed E-state index contributed by atoms with van der Waals surface area (Å²) in [6, 6.07) is 0. The van der Waals surface area contributed by atoms with E-state index in [4.69, 9.17) is 0 Å². The van der Waals surface area contributed by atoms with Crippen molar-refractivity contribution >= 4 is 17.1 Å². The average molecular weight is 359 g/mol. The minimum Gasteiger partial charge on any atom is -0.315 e. The van der Waals surface area contributed by atoms with Gasteiger partial charge in [0.15, 0.2) is 11.2 Å². The number of allylic oxidation sites excluding steroid dienone is 2. The Labute approximate surface area is 151 Å². The quantitative estimate of drug-likeness (QED) is 0.801. The van der Waals surface area contributed by atoms with Crippen molar-refractivity contribution in [2.75, 3.05) is 6.54 Å². The van der Waals surface area contributed by atoms with E-state index in [0.29, 0.717) is 12.2 Å². The molecule has 0 spiro atoms. The molecule has 8 heteroatoms. The van der Waals surface area contributed by atoms with Crippen LogP contribution < -0.4 is 11.2 Å². The van der Waals surface area contributed by atoms with Crippen molar-refractivity contribution in [1.29, 1.82) is 0 Å². The van der Waals surface area contributed by atoms with E-state index in [0.717, 1.165) is 42.4 Å². The molecule has 2 aromatic rings. The number of hydrogen-bond acceptors (Lipinski definition) is 4. The standard InChI is InChI=1S/C18H25N5O3/c1-4-10-23(13-8-6-5-7-9-13)14(24)11-22-12-19-16-15(22)17(25)21(3)18(26)20(16)2/h8,12H,4-7,9-11H2,1-3H3. The second-order valence-electron chi connectivity index (χ2n) is 6.74. The molecule has 0 aliphatic heterocycles. The van der Waals surface area contributed by atoms with Crippen molar-refractivity contribution in [2.45, 2.75) is 45.6 Å². The largest absolute Gasteiger partial charge is 0.332 e. The monoisotopic (exact) mass is 359 g/mol. The summed E-state index contributed by atoms with van der Waals surface area (Å²) in [5, 5.41) is 0. The molecule has 0 unspecified atom stereocenters. The van der Waals surface area contributed by atoms with Gasteiger partial charge in [0, 0.05) is 26.3 Å². The van der Waals surface area contributed by atoms with Crippen LogP contribution in [0.5, 0.6) is 0 Å². The van der Waals surface area contributed by atoms with Gasteiger partial charge in [-0.25, -0.2) is 9.78 Å². The van der Waals surface area contributed by atoms with Crippen LogP contribution in [0.25, 0.3) is 11.2 Å². The maximum absolute atomic E-state index is 13.0. The summed E-state index contributed by atoms with van der Waals surface area (Å²) in [7, 11) is 3.00. The third-order valence-electron chi connectivity index (χ3n) is 4.88. The number of aromatic nitrogens is 4. The van der Waals surface area contributed by atoms with Crippen LogP contribution in [0.1, 0.15) is 39.0 Å².